The van der Waals surface area contributed by atoms with Crippen molar-refractivity contribution in [2.45, 2.75) is 25.9 Å². The molecule has 1 aromatic carbocycles. The van der Waals surface area contributed by atoms with Crippen LogP contribution < -0.4 is 4.90 Å². The zero-order valence-electron chi connectivity index (χ0n) is 14.7. The summed E-state index contributed by atoms with van der Waals surface area (Å²) >= 11 is 7.53. The van der Waals surface area contributed by atoms with Gasteiger partial charge in [-0.3, -0.25) is 14.7 Å². The Bertz CT molecular complexity index is 1170. The second-order valence-electron chi connectivity index (χ2n) is 6.52. The van der Waals surface area contributed by atoms with Gasteiger partial charge >= 0.3 is 0 Å². The van der Waals surface area contributed by atoms with E-state index in [9.17, 15) is 4.79 Å². The molecule has 4 aromatic rings. The number of aryl methyl sites for hydroxylation is 1. The Kier molecular flexibility index (Phi) is 4.29. The van der Waals surface area contributed by atoms with Crippen LogP contribution in [0.15, 0.2) is 42.6 Å². The zero-order valence-corrected chi connectivity index (χ0v) is 16.3. The van der Waals surface area contributed by atoms with Crippen LogP contribution >= 0.6 is 22.9 Å². The van der Waals surface area contributed by atoms with Gasteiger partial charge < -0.3 is 4.57 Å². The first-order valence-electron chi connectivity index (χ1n) is 8.89. The number of fused-ring (bicyclic) bond motifs is 2. The normalized spacial score (nSPS) is 13.0. The number of hydrogen-bond donors (Lipinski definition) is 0. The van der Waals surface area contributed by atoms with Crippen LogP contribution in [0.4, 0.5) is 5.13 Å². The van der Waals surface area contributed by atoms with Gasteiger partial charge in [0.05, 0.1) is 22.5 Å². The van der Waals surface area contributed by atoms with Crippen molar-refractivity contribution in [1.82, 2.24) is 24.7 Å². The molecule has 5 rings (SSSR count). The Morgan fingerprint density at radius 1 is 1.25 bits per heavy atom. The second-order valence-corrected chi connectivity index (χ2v) is 7.96. The van der Waals surface area contributed by atoms with Gasteiger partial charge in [-0.1, -0.05) is 29.0 Å². The molecule has 0 saturated heterocycles. The van der Waals surface area contributed by atoms with E-state index in [0.717, 1.165) is 41.1 Å². The lowest BCUT2D eigenvalue weighted by molar-refractivity contribution is 0.0970. The fourth-order valence-corrected chi connectivity index (χ4v) is 4.55. The van der Waals surface area contributed by atoms with Gasteiger partial charge in [0.25, 0.3) is 5.91 Å². The van der Waals surface area contributed by atoms with Crippen LogP contribution in [0.5, 0.6) is 0 Å². The molecule has 4 heterocycles. The molecule has 7 nitrogen and oxygen atoms in total. The van der Waals surface area contributed by atoms with Crippen LogP contribution in [0.1, 0.15) is 28.6 Å². The third kappa shape index (κ3) is 3.04. The van der Waals surface area contributed by atoms with Crippen molar-refractivity contribution in [2.75, 3.05) is 4.90 Å². The number of halogens is 1. The first-order chi connectivity index (χ1) is 13.7. The van der Waals surface area contributed by atoms with E-state index >= 15 is 0 Å². The minimum atomic E-state index is -0.226. The lowest BCUT2D eigenvalue weighted by Crippen LogP contribution is -2.33. The molecule has 0 N–H and O–H groups in total. The van der Waals surface area contributed by atoms with Gasteiger partial charge in [-0.15, -0.1) is 10.2 Å². The summed E-state index contributed by atoms with van der Waals surface area (Å²) in [6, 6.07) is 11.1. The number of benzene rings is 1. The molecule has 0 saturated carbocycles. The third-order valence-corrected chi connectivity index (χ3v) is 5.94. The molecule has 3 aromatic heterocycles. The van der Waals surface area contributed by atoms with E-state index in [-0.39, 0.29) is 5.91 Å². The maximum Gasteiger partial charge on any atom is 0.298 e. The summed E-state index contributed by atoms with van der Waals surface area (Å²) in [5.74, 6) is 0.981. The van der Waals surface area contributed by atoms with Crippen LogP contribution in [0, 0.1) is 0 Å². The summed E-state index contributed by atoms with van der Waals surface area (Å²) in [4.78, 5) is 24.1. The van der Waals surface area contributed by atoms with E-state index in [4.69, 9.17) is 11.6 Å². The van der Waals surface area contributed by atoms with Crippen molar-refractivity contribution in [1.29, 1.82) is 0 Å². The number of carbonyl (C=O) groups is 1. The average molecular weight is 411 g/mol. The van der Waals surface area contributed by atoms with Gasteiger partial charge in [-0.05, 0) is 36.8 Å². The van der Waals surface area contributed by atoms with Crippen LogP contribution in [0.25, 0.3) is 10.2 Å². The number of aromatic nitrogens is 5. The van der Waals surface area contributed by atoms with Gasteiger partial charge in [0.15, 0.2) is 5.13 Å². The summed E-state index contributed by atoms with van der Waals surface area (Å²) in [7, 11) is 0. The molecular formula is C19H15ClN6OS. The van der Waals surface area contributed by atoms with Crippen LogP contribution in [-0.2, 0) is 19.5 Å². The maximum atomic E-state index is 13.4. The van der Waals surface area contributed by atoms with E-state index < -0.39 is 0 Å². The van der Waals surface area contributed by atoms with Crippen LogP contribution in [0.3, 0.4) is 0 Å². The first kappa shape index (κ1) is 17.3. The molecule has 28 heavy (non-hydrogen) atoms. The molecule has 1 aliphatic heterocycles. The van der Waals surface area contributed by atoms with E-state index in [1.54, 1.807) is 17.2 Å². The van der Waals surface area contributed by atoms with Gasteiger partial charge in [-0.25, -0.2) is 4.98 Å². The molecule has 0 bridgehead atoms. The largest absolute Gasteiger partial charge is 0.307 e. The minimum Gasteiger partial charge on any atom is -0.307 e. The number of rotatable bonds is 4. The monoisotopic (exact) mass is 410 g/mol. The smallest absolute Gasteiger partial charge is 0.298 e. The number of anilines is 1. The van der Waals surface area contributed by atoms with Gasteiger partial charge in [0.1, 0.15) is 5.82 Å². The molecule has 1 amide bonds. The van der Waals surface area contributed by atoms with E-state index in [2.05, 4.69) is 20.2 Å². The Morgan fingerprint density at radius 3 is 3.04 bits per heavy atom. The third-order valence-electron chi connectivity index (χ3n) is 4.66. The lowest BCUT2D eigenvalue weighted by Gasteiger charge is -2.19. The molecule has 140 valence electrons. The Balaban J connectivity index is 1.58. The SMILES string of the molecule is O=C(c1nnc2n1CCC2)N(Cc1ccccn1)c1nc2ccc(Cl)cc2s1. The summed E-state index contributed by atoms with van der Waals surface area (Å²) < 4.78 is 2.82. The highest BCUT2D eigenvalue weighted by Crippen LogP contribution is 2.32. The summed E-state index contributed by atoms with van der Waals surface area (Å²) in [6.45, 7) is 1.06. The summed E-state index contributed by atoms with van der Waals surface area (Å²) in [5.41, 5.74) is 1.57. The quantitative estimate of drug-likeness (QED) is 0.512. The van der Waals surface area contributed by atoms with Crippen LogP contribution in [0.2, 0.25) is 5.02 Å². The van der Waals surface area contributed by atoms with Crippen molar-refractivity contribution in [2.24, 2.45) is 0 Å². The first-order valence-corrected chi connectivity index (χ1v) is 10.1. The topological polar surface area (TPSA) is 76.8 Å². The number of amides is 1. The highest BCUT2D eigenvalue weighted by Gasteiger charge is 2.29. The second kappa shape index (κ2) is 6.96. The molecule has 0 spiro atoms. The average Bonchev–Trinajstić information content (AvgIpc) is 3.41. The Morgan fingerprint density at radius 2 is 2.18 bits per heavy atom. The predicted octanol–water partition coefficient (Wildman–Crippen LogP) is 3.73. The van der Waals surface area contributed by atoms with E-state index in [0.29, 0.717) is 22.5 Å². The number of nitrogens with zero attached hydrogens (tertiary/aromatic N) is 6. The lowest BCUT2D eigenvalue weighted by atomic mass is 10.3. The van der Waals surface area contributed by atoms with E-state index in [1.807, 2.05) is 34.9 Å². The Hall–Kier alpha value is -2.84. The fourth-order valence-electron chi connectivity index (χ4n) is 3.31. The van der Waals surface area contributed by atoms with Crippen molar-refractivity contribution < 1.29 is 4.79 Å². The molecule has 0 aliphatic carbocycles. The molecule has 1 aliphatic rings. The molecule has 0 atom stereocenters. The predicted molar refractivity (Wildman–Crippen MR) is 108 cm³/mol. The molecule has 0 unspecified atom stereocenters. The van der Waals surface area contributed by atoms with Crippen LogP contribution in [-0.4, -0.2) is 30.6 Å². The highest BCUT2D eigenvalue weighted by atomic mass is 35.5. The van der Waals surface area contributed by atoms with Gasteiger partial charge in [0, 0.05) is 24.2 Å². The van der Waals surface area contributed by atoms with Gasteiger partial charge in [0.2, 0.25) is 5.82 Å². The minimum absolute atomic E-state index is 0.226. The fraction of sp³-hybridized carbons (Fsp3) is 0.211. The van der Waals surface area contributed by atoms with Crippen molar-refractivity contribution >= 4 is 44.2 Å². The Labute approximate surface area is 169 Å². The summed E-state index contributed by atoms with van der Waals surface area (Å²) in [5, 5.41) is 9.55. The maximum absolute atomic E-state index is 13.4. The van der Waals surface area contributed by atoms with Crippen molar-refractivity contribution in [3.8, 4) is 0 Å². The molecule has 0 radical (unpaired) electrons. The molecular weight excluding hydrogens is 396 g/mol. The number of carbonyl (C=O) groups excluding carboxylic acids is 1. The number of thiazole rings is 1. The standard InChI is InChI=1S/C19H15ClN6OS/c20-12-6-7-14-15(10-12)28-19(22-14)26(11-13-4-1-2-8-21-13)18(27)17-24-23-16-5-3-9-25(16)17/h1-2,4,6-8,10H,3,5,9,11H2. The van der Waals surface area contributed by atoms with E-state index in [1.165, 1.54) is 11.3 Å². The summed E-state index contributed by atoms with van der Waals surface area (Å²) in [6.07, 6.45) is 3.54. The molecule has 9 heteroatoms. The van der Waals surface area contributed by atoms with Crippen molar-refractivity contribution in [3.63, 3.8) is 0 Å². The highest BCUT2D eigenvalue weighted by molar-refractivity contribution is 7.22. The number of pyridine rings is 1. The van der Waals surface area contributed by atoms with Crippen molar-refractivity contribution in [3.05, 3.63) is 65.0 Å². The molecule has 0 fully saturated rings. The number of hydrogen-bond acceptors (Lipinski definition) is 6. The van der Waals surface area contributed by atoms with Gasteiger partial charge in [-0.2, -0.15) is 0 Å². The zero-order chi connectivity index (χ0) is 19.1.